The summed E-state index contributed by atoms with van der Waals surface area (Å²) in [5.41, 5.74) is 1.86. The van der Waals surface area contributed by atoms with Gasteiger partial charge >= 0.3 is 0 Å². The highest BCUT2D eigenvalue weighted by molar-refractivity contribution is 6.05. The number of aromatic nitrogens is 1. The third-order valence-corrected chi connectivity index (χ3v) is 2.89. The largest absolute Gasteiger partial charge is 0.493 e. The van der Waals surface area contributed by atoms with E-state index in [9.17, 15) is 4.79 Å². The Balaban J connectivity index is 2.22. The number of anilines is 1. The molecule has 1 heterocycles. The number of benzene rings is 1. The van der Waals surface area contributed by atoms with E-state index in [1.54, 1.807) is 57.7 Å². The van der Waals surface area contributed by atoms with Crippen molar-refractivity contribution in [3.05, 3.63) is 47.8 Å². The number of aryl methyl sites for hydroxylation is 1. The van der Waals surface area contributed by atoms with Crippen molar-refractivity contribution < 1.29 is 14.3 Å². The first-order valence-electron chi connectivity index (χ1n) is 6.10. The van der Waals surface area contributed by atoms with Crippen LogP contribution >= 0.6 is 0 Å². The number of methoxy groups -OCH3 is 2. The summed E-state index contributed by atoms with van der Waals surface area (Å²) in [5, 5.41) is 2.81. The maximum atomic E-state index is 12.2. The van der Waals surface area contributed by atoms with Gasteiger partial charge < -0.3 is 14.8 Å². The lowest BCUT2D eigenvalue weighted by molar-refractivity contribution is 0.102. The number of carbonyl (C=O) groups excluding carboxylic acids is 1. The molecule has 0 saturated heterocycles. The number of amides is 1. The Bertz CT molecular complexity index is 626. The van der Waals surface area contributed by atoms with Crippen molar-refractivity contribution in [2.24, 2.45) is 0 Å². The Morgan fingerprint density at radius 3 is 2.55 bits per heavy atom. The molecular formula is C15H16N2O3. The zero-order chi connectivity index (χ0) is 14.5. The van der Waals surface area contributed by atoms with Gasteiger partial charge in [0.25, 0.3) is 5.91 Å². The second-order valence-electron chi connectivity index (χ2n) is 4.16. The molecule has 1 aromatic carbocycles. The van der Waals surface area contributed by atoms with Crippen LogP contribution in [0.15, 0.2) is 36.5 Å². The van der Waals surface area contributed by atoms with Gasteiger partial charge in [-0.1, -0.05) is 0 Å². The van der Waals surface area contributed by atoms with Crippen molar-refractivity contribution in [3.8, 4) is 11.5 Å². The molecule has 0 radical (unpaired) electrons. The Kier molecular flexibility index (Phi) is 4.20. The van der Waals surface area contributed by atoms with Gasteiger partial charge in [-0.15, -0.1) is 0 Å². The Hall–Kier alpha value is -2.56. The average molecular weight is 272 g/mol. The fraction of sp³-hybridized carbons (Fsp3) is 0.200. The number of carbonyl (C=O) groups is 1. The van der Waals surface area contributed by atoms with Gasteiger partial charge in [-0.25, -0.2) is 0 Å². The van der Waals surface area contributed by atoms with Crippen LogP contribution in [0.3, 0.4) is 0 Å². The quantitative estimate of drug-likeness (QED) is 0.929. The summed E-state index contributed by atoms with van der Waals surface area (Å²) in [6, 6.07) is 8.67. The number of ether oxygens (including phenoxy) is 2. The van der Waals surface area contributed by atoms with Crippen LogP contribution in [0.4, 0.5) is 5.69 Å². The van der Waals surface area contributed by atoms with Crippen LogP contribution in [0.5, 0.6) is 11.5 Å². The van der Waals surface area contributed by atoms with Crippen molar-refractivity contribution >= 4 is 11.6 Å². The molecule has 0 saturated carbocycles. The summed E-state index contributed by atoms with van der Waals surface area (Å²) in [4.78, 5) is 16.3. The molecular weight excluding hydrogens is 256 g/mol. The molecule has 5 nitrogen and oxygen atoms in total. The van der Waals surface area contributed by atoms with E-state index in [0.29, 0.717) is 28.4 Å². The molecule has 2 rings (SSSR count). The van der Waals surface area contributed by atoms with Crippen LogP contribution in [-0.2, 0) is 0 Å². The van der Waals surface area contributed by atoms with Gasteiger partial charge in [0.15, 0.2) is 11.5 Å². The van der Waals surface area contributed by atoms with E-state index < -0.39 is 0 Å². The van der Waals surface area contributed by atoms with E-state index in [2.05, 4.69) is 10.3 Å². The fourth-order valence-electron chi connectivity index (χ4n) is 1.84. The molecule has 5 heteroatoms. The van der Waals surface area contributed by atoms with E-state index in [1.807, 2.05) is 0 Å². The molecule has 0 spiro atoms. The second kappa shape index (κ2) is 6.06. The van der Waals surface area contributed by atoms with Gasteiger partial charge in [0, 0.05) is 23.6 Å². The molecule has 20 heavy (non-hydrogen) atoms. The highest BCUT2D eigenvalue weighted by Crippen LogP contribution is 2.29. The molecule has 0 aliphatic carbocycles. The van der Waals surface area contributed by atoms with Gasteiger partial charge in [-0.2, -0.15) is 0 Å². The van der Waals surface area contributed by atoms with Gasteiger partial charge in [-0.3, -0.25) is 9.78 Å². The predicted molar refractivity (Wildman–Crippen MR) is 76.5 cm³/mol. The number of nitrogens with zero attached hydrogens (tertiary/aromatic N) is 1. The van der Waals surface area contributed by atoms with Gasteiger partial charge in [0.1, 0.15) is 0 Å². The maximum Gasteiger partial charge on any atom is 0.257 e. The summed E-state index contributed by atoms with van der Waals surface area (Å²) >= 11 is 0. The normalized spacial score (nSPS) is 9.95. The lowest BCUT2D eigenvalue weighted by Crippen LogP contribution is -2.14. The van der Waals surface area contributed by atoms with Crippen LogP contribution in [0, 0.1) is 6.92 Å². The highest BCUT2D eigenvalue weighted by Gasteiger charge is 2.11. The maximum absolute atomic E-state index is 12.2. The van der Waals surface area contributed by atoms with E-state index in [-0.39, 0.29) is 5.91 Å². The fourth-order valence-corrected chi connectivity index (χ4v) is 1.84. The number of hydrogen-bond acceptors (Lipinski definition) is 4. The van der Waals surface area contributed by atoms with Crippen LogP contribution in [0.2, 0.25) is 0 Å². The molecule has 0 aliphatic rings. The summed E-state index contributed by atoms with van der Waals surface area (Å²) in [6.07, 6.45) is 1.66. The number of rotatable bonds is 4. The average Bonchev–Trinajstić information content (AvgIpc) is 2.47. The number of hydrogen-bond donors (Lipinski definition) is 1. The molecule has 1 aromatic heterocycles. The molecule has 0 aliphatic heterocycles. The summed E-state index contributed by atoms with van der Waals surface area (Å²) < 4.78 is 10.4. The minimum Gasteiger partial charge on any atom is -0.493 e. The van der Waals surface area contributed by atoms with E-state index in [0.717, 1.165) is 0 Å². The van der Waals surface area contributed by atoms with Crippen molar-refractivity contribution in [1.29, 1.82) is 0 Å². The monoisotopic (exact) mass is 272 g/mol. The van der Waals surface area contributed by atoms with Crippen molar-refractivity contribution in [2.75, 3.05) is 19.5 Å². The first-order chi connectivity index (χ1) is 9.65. The third-order valence-electron chi connectivity index (χ3n) is 2.89. The molecule has 0 atom stereocenters. The van der Waals surface area contributed by atoms with Crippen LogP contribution in [0.25, 0.3) is 0 Å². The molecule has 0 fully saturated rings. The van der Waals surface area contributed by atoms with Crippen molar-refractivity contribution in [3.63, 3.8) is 0 Å². The molecule has 0 unspecified atom stereocenters. The first-order valence-corrected chi connectivity index (χ1v) is 6.10. The van der Waals surface area contributed by atoms with Gasteiger partial charge in [0.05, 0.1) is 19.8 Å². The third kappa shape index (κ3) is 2.88. The zero-order valence-electron chi connectivity index (χ0n) is 11.6. The lowest BCUT2D eigenvalue weighted by Gasteiger charge is -2.11. The van der Waals surface area contributed by atoms with Crippen LogP contribution < -0.4 is 14.8 Å². The molecule has 1 amide bonds. The number of nitrogens with one attached hydrogen (secondary N) is 1. The summed E-state index contributed by atoms with van der Waals surface area (Å²) in [6.45, 7) is 1.80. The molecule has 0 bridgehead atoms. The first kappa shape index (κ1) is 13.9. The minimum absolute atomic E-state index is 0.206. The highest BCUT2D eigenvalue weighted by atomic mass is 16.5. The molecule has 1 N–H and O–H groups in total. The van der Waals surface area contributed by atoms with Gasteiger partial charge in [-0.05, 0) is 31.2 Å². The smallest absolute Gasteiger partial charge is 0.257 e. The molecule has 104 valence electrons. The summed E-state index contributed by atoms with van der Waals surface area (Å²) in [7, 11) is 3.11. The Morgan fingerprint density at radius 1 is 1.15 bits per heavy atom. The summed E-state index contributed by atoms with van der Waals surface area (Å²) in [5.74, 6) is 0.971. The second-order valence-corrected chi connectivity index (χ2v) is 4.16. The molecule has 2 aromatic rings. The van der Waals surface area contributed by atoms with Crippen LogP contribution in [0.1, 0.15) is 16.1 Å². The topological polar surface area (TPSA) is 60.5 Å². The lowest BCUT2D eigenvalue weighted by atomic mass is 10.2. The number of pyridine rings is 1. The van der Waals surface area contributed by atoms with E-state index >= 15 is 0 Å². The van der Waals surface area contributed by atoms with Crippen molar-refractivity contribution in [1.82, 2.24) is 4.98 Å². The van der Waals surface area contributed by atoms with Crippen LogP contribution in [-0.4, -0.2) is 25.1 Å². The minimum atomic E-state index is -0.206. The van der Waals surface area contributed by atoms with Gasteiger partial charge in [0.2, 0.25) is 0 Å². The zero-order valence-corrected chi connectivity index (χ0v) is 11.6. The SMILES string of the molecule is COc1ccc(NC(=O)c2cccnc2C)cc1OC. The van der Waals surface area contributed by atoms with Crippen molar-refractivity contribution in [2.45, 2.75) is 6.92 Å². The van der Waals surface area contributed by atoms with E-state index in [4.69, 9.17) is 9.47 Å². The Labute approximate surface area is 117 Å². The predicted octanol–water partition coefficient (Wildman–Crippen LogP) is 2.66. The van der Waals surface area contributed by atoms with E-state index in [1.165, 1.54) is 0 Å². The standard InChI is InChI=1S/C15H16N2O3/c1-10-12(5-4-8-16-10)15(18)17-11-6-7-13(19-2)14(9-11)20-3/h4-9H,1-3H3,(H,17,18). The Morgan fingerprint density at radius 2 is 1.90 bits per heavy atom.